The van der Waals surface area contributed by atoms with Crippen molar-refractivity contribution in [2.45, 2.75) is 40.7 Å². The summed E-state index contributed by atoms with van der Waals surface area (Å²) in [5.74, 6) is -0.477. The van der Waals surface area contributed by atoms with Crippen LogP contribution in [0.4, 0.5) is 0 Å². The lowest BCUT2D eigenvalue weighted by atomic mass is 10.1. The number of carbonyl (C=O) groups excluding carboxylic acids is 3. The molecule has 0 aliphatic heterocycles. The van der Waals surface area contributed by atoms with Crippen LogP contribution in [-0.2, 0) is 20.9 Å². The molecule has 0 atom stereocenters. The first-order valence-electron chi connectivity index (χ1n) is 7.04. The van der Waals surface area contributed by atoms with Gasteiger partial charge in [0.25, 0.3) is 0 Å². The molecule has 0 saturated carbocycles. The molecule has 1 N–H and O–H groups in total. The fourth-order valence-corrected chi connectivity index (χ4v) is 1.78. The van der Waals surface area contributed by atoms with E-state index >= 15 is 0 Å². The topological polar surface area (TPSA) is 81.7 Å². The van der Waals surface area contributed by atoms with E-state index in [0.717, 1.165) is 5.56 Å². The lowest BCUT2D eigenvalue weighted by Crippen LogP contribution is -2.23. The van der Waals surface area contributed by atoms with Crippen molar-refractivity contribution in [3.05, 3.63) is 23.8 Å². The lowest BCUT2D eigenvalue weighted by Gasteiger charge is -2.11. The van der Waals surface area contributed by atoms with Crippen molar-refractivity contribution in [3.63, 3.8) is 0 Å². The highest BCUT2D eigenvalue weighted by Gasteiger charge is 2.12. The third kappa shape index (κ3) is 6.39. The maximum absolute atomic E-state index is 11.6. The van der Waals surface area contributed by atoms with Crippen LogP contribution >= 0.6 is 0 Å². The van der Waals surface area contributed by atoms with Gasteiger partial charge in [0.1, 0.15) is 0 Å². The van der Waals surface area contributed by atoms with Crippen LogP contribution in [0.2, 0.25) is 0 Å². The number of hydrogen-bond donors (Lipinski definition) is 1. The molecule has 1 aromatic rings. The van der Waals surface area contributed by atoms with Crippen molar-refractivity contribution in [1.82, 2.24) is 5.32 Å². The molecule has 6 heteroatoms. The van der Waals surface area contributed by atoms with Gasteiger partial charge in [-0.15, -0.1) is 0 Å². The van der Waals surface area contributed by atoms with Crippen LogP contribution in [0.25, 0.3) is 0 Å². The number of benzene rings is 1. The zero-order valence-electron chi connectivity index (χ0n) is 13.3. The van der Waals surface area contributed by atoms with E-state index in [2.05, 4.69) is 5.32 Å². The fraction of sp³-hybridized carbons (Fsp3) is 0.438. The minimum absolute atomic E-state index is 0.0481. The molecule has 0 aliphatic rings. The predicted molar refractivity (Wildman–Crippen MR) is 80.4 cm³/mol. The van der Waals surface area contributed by atoms with E-state index in [1.807, 2.05) is 13.8 Å². The molecule has 0 saturated heterocycles. The zero-order chi connectivity index (χ0) is 16.7. The molecule has 0 bridgehead atoms. The molecule has 0 unspecified atom stereocenters. The Morgan fingerprint density at radius 1 is 1.05 bits per heavy atom. The van der Waals surface area contributed by atoms with Crippen molar-refractivity contribution in [1.29, 1.82) is 0 Å². The maximum atomic E-state index is 11.6. The molecule has 0 aromatic heterocycles. The fourth-order valence-electron chi connectivity index (χ4n) is 1.78. The molecule has 1 amide bonds. The standard InChI is InChI=1S/C16H21NO5/c1-10(2)7-16(20)17-9-13-5-6-14(21-11(3)18)15(8-13)22-12(4)19/h5-6,8,10H,7,9H2,1-4H3,(H,17,20). The number of rotatable bonds is 6. The Labute approximate surface area is 129 Å². The van der Waals surface area contributed by atoms with Gasteiger partial charge in [-0.25, -0.2) is 0 Å². The van der Waals surface area contributed by atoms with Crippen molar-refractivity contribution in [2.24, 2.45) is 5.92 Å². The highest BCUT2D eigenvalue weighted by Crippen LogP contribution is 2.28. The van der Waals surface area contributed by atoms with Crippen LogP contribution < -0.4 is 14.8 Å². The van der Waals surface area contributed by atoms with Gasteiger partial charge in [-0.2, -0.15) is 0 Å². The Hall–Kier alpha value is -2.37. The first-order chi connectivity index (χ1) is 10.3. The van der Waals surface area contributed by atoms with Gasteiger partial charge in [-0.05, 0) is 23.6 Å². The van der Waals surface area contributed by atoms with Crippen LogP contribution in [0.15, 0.2) is 18.2 Å². The SMILES string of the molecule is CC(=O)Oc1ccc(CNC(=O)CC(C)C)cc1OC(C)=O. The molecule has 0 heterocycles. The molecular weight excluding hydrogens is 286 g/mol. The summed E-state index contributed by atoms with van der Waals surface area (Å²) >= 11 is 0. The average Bonchev–Trinajstić information content (AvgIpc) is 2.37. The van der Waals surface area contributed by atoms with E-state index in [0.29, 0.717) is 13.0 Å². The highest BCUT2D eigenvalue weighted by atomic mass is 16.6. The van der Waals surface area contributed by atoms with Gasteiger partial charge in [-0.3, -0.25) is 14.4 Å². The number of esters is 2. The Bertz CT molecular complexity index is 566. The molecule has 0 aliphatic carbocycles. The summed E-state index contributed by atoms with van der Waals surface area (Å²) in [6.07, 6.45) is 0.447. The van der Waals surface area contributed by atoms with Crippen LogP contribution in [0.5, 0.6) is 11.5 Å². The van der Waals surface area contributed by atoms with E-state index < -0.39 is 11.9 Å². The van der Waals surface area contributed by atoms with Gasteiger partial charge in [-0.1, -0.05) is 19.9 Å². The van der Waals surface area contributed by atoms with E-state index in [-0.39, 0.29) is 23.3 Å². The van der Waals surface area contributed by atoms with Gasteiger partial charge in [0.05, 0.1) is 0 Å². The molecule has 0 spiro atoms. The number of hydrogen-bond acceptors (Lipinski definition) is 5. The van der Waals surface area contributed by atoms with E-state index in [1.165, 1.54) is 19.9 Å². The van der Waals surface area contributed by atoms with Gasteiger partial charge in [0.2, 0.25) is 5.91 Å². The van der Waals surface area contributed by atoms with Crippen molar-refractivity contribution >= 4 is 17.8 Å². The number of nitrogens with one attached hydrogen (secondary N) is 1. The summed E-state index contributed by atoms with van der Waals surface area (Å²) in [6, 6.07) is 4.79. The quantitative estimate of drug-likeness (QED) is 0.643. The number of carbonyl (C=O) groups is 3. The molecule has 6 nitrogen and oxygen atoms in total. The summed E-state index contributed by atoms with van der Waals surface area (Å²) in [5, 5.41) is 2.78. The normalized spacial score (nSPS) is 10.2. The molecular formula is C16H21NO5. The Morgan fingerprint density at radius 3 is 2.18 bits per heavy atom. The second kappa shape index (κ2) is 8.17. The summed E-state index contributed by atoms with van der Waals surface area (Å²) in [5.41, 5.74) is 0.740. The zero-order valence-corrected chi connectivity index (χ0v) is 13.3. The van der Waals surface area contributed by atoms with Gasteiger partial charge < -0.3 is 14.8 Å². The van der Waals surface area contributed by atoms with Crippen LogP contribution in [-0.4, -0.2) is 17.8 Å². The molecule has 120 valence electrons. The van der Waals surface area contributed by atoms with Crippen molar-refractivity contribution in [2.75, 3.05) is 0 Å². The van der Waals surface area contributed by atoms with Gasteiger partial charge in [0.15, 0.2) is 11.5 Å². The second-order valence-corrected chi connectivity index (χ2v) is 5.34. The molecule has 1 rings (SSSR count). The van der Waals surface area contributed by atoms with E-state index in [4.69, 9.17) is 9.47 Å². The van der Waals surface area contributed by atoms with Crippen LogP contribution in [0.3, 0.4) is 0 Å². The third-order valence-electron chi connectivity index (χ3n) is 2.60. The minimum atomic E-state index is -0.519. The van der Waals surface area contributed by atoms with Crippen LogP contribution in [0, 0.1) is 5.92 Å². The molecule has 0 radical (unpaired) electrons. The maximum Gasteiger partial charge on any atom is 0.308 e. The highest BCUT2D eigenvalue weighted by molar-refractivity contribution is 5.76. The second-order valence-electron chi connectivity index (χ2n) is 5.34. The smallest absolute Gasteiger partial charge is 0.308 e. The summed E-state index contributed by atoms with van der Waals surface area (Å²) < 4.78 is 10.0. The molecule has 1 aromatic carbocycles. The largest absolute Gasteiger partial charge is 0.423 e. The average molecular weight is 307 g/mol. The first kappa shape index (κ1) is 17.7. The third-order valence-corrected chi connectivity index (χ3v) is 2.60. The Kier molecular flexibility index (Phi) is 6.56. The molecule has 22 heavy (non-hydrogen) atoms. The van der Waals surface area contributed by atoms with E-state index in [1.54, 1.807) is 12.1 Å². The van der Waals surface area contributed by atoms with Crippen LogP contribution in [0.1, 0.15) is 39.7 Å². The number of amides is 1. The predicted octanol–water partition coefficient (Wildman–Crippen LogP) is 2.20. The first-order valence-corrected chi connectivity index (χ1v) is 7.04. The minimum Gasteiger partial charge on any atom is -0.423 e. The summed E-state index contributed by atoms with van der Waals surface area (Å²) in [6.45, 7) is 6.75. The van der Waals surface area contributed by atoms with Gasteiger partial charge in [0, 0.05) is 26.8 Å². The number of ether oxygens (including phenoxy) is 2. The Balaban J connectivity index is 2.82. The van der Waals surface area contributed by atoms with E-state index in [9.17, 15) is 14.4 Å². The Morgan fingerprint density at radius 2 is 1.64 bits per heavy atom. The summed E-state index contributed by atoms with van der Waals surface area (Å²) in [4.78, 5) is 33.8. The molecule has 0 fully saturated rings. The van der Waals surface area contributed by atoms with Gasteiger partial charge >= 0.3 is 11.9 Å². The lowest BCUT2D eigenvalue weighted by molar-refractivity contribution is -0.134. The van der Waals surface area contributed by atoms with Crippen molar-refractivity contribution in [3.8, 4) is 11.5 Å². The van der Waals surface area contributed by atoms with Crippen molar-refractivity contribution < 1.29 is 23.9 Å². The monoisotopic (exact) mass is 307 g/mol. The summed E-state index contributed by atoms with van der Waals surface area (Å²) in [7, 11) is 0.